The van der Waals surface area contributed by atoms with Gasteiger partial charge in [-0.25, -0.2) is 0 Å². The highest BCUT2D eigenvalue weighted by Gasteiger charge is 2.54. The Bertz CT molecular complexity index is 451. The zero-order chi connectivity index (χ0) is 13.3. The lowest BCUT2D eigenvalue weighted by atomic mass is 10.2. The number of nitrogens with two attached hydrogens (primary N) is 1. The van der Waals surface area contributed by atoms with Crippen LogP contribution < -0.4 is 5.73 Å². The van der Waals surface area contributed by atoms with Crippen molar-refractivity contribution in [2.45, 2.75) is 38.8 Å². The van der Waals surface area contributed by atoms with Crippen molar-refractivity contribution in [3.8, 4) is 0 Å². The van der Waals surface area contributed by atoms with Crippen molar-refractivity contribution in [2.24, 2.45) is 0 Å². The summed E-state index contributed by atoms with van der Waals surface area (Å²) in [6.45, 7) is 4.61. The number of fused-ring (bicyclic) bond motifs is 2. The summed E-state index contributed by atoms with van der Waals surface area (Å²) < 4.78 is 4.40. The normalized spacial score (nSPS) is 19.1. The highest BCUT2D eigenvalue weighted by molar-refractivity contribution is 5.65. The summed E-state index contributed by atoms with van der Waals surface area (Å²) >= 11 is 0. The van der Waals surface area contributed by atoms with Gasteiger partial charge in [0.15, 0.2) is 0 Å². The Hall–Kier alpha value is -1.56. The van der Waals surface area contributed by atoms with E-state index < -0.39 is 0 Å². The first-order valence-corrected chi connectivity index (χ1v) is 6.19. The third-order valence-corrected chi connectivity index (χ3v) is 3.56. The van der Waals surface area contributed by atoms with E-state index in [9.17, 15) is 4.79 Å². The highest BCUT2D eigenvalue weighted by Crippen LogP contribution is 2.55. The van der Waals surface area contributed by atoms with Crippen LogP contribution in [0, 0.1) is 0 Å². The number of carbonyl (C=O) groups excluding carboxylic acids is 1. The maximum Gasteiger partial charge on any atom is 0.302 e. The van der Waals surface area contributed by atoms with E-state index >= 15 is 0 Å². The number of aromatic nitrogens is 2. The molecule has 1 saturated carbocycles. The quantitative estimate of drug-likeness (QED) is 0.728. The first kappa shape index (κ1) is 12.9. The van der Waals surface area contributed by atoms with Gasteiger partial charge in [0.1, 0.15) is 5.82 Å². The van der Waals surface area contributed by atoms with Gasteiger partial charge in [0.25, 0.3) is 0 Å². The van der Waals surface area contributed by atoms with Gasteiger partial charge < -0.3 is 10.5 Å². The minimum absolute atomic E-state index is 0.211. The summed E-state index contributed by atoms with van der Waals surface area (Å²) in [4.78, 5) is 12.2. The SMILES string of the molecule is CCOC(C)=O.CN1Cc2c(N)n[nH]c2C12CC2. The second kappa shape index (κ2) is 4.61. The first-order chi connectivity index (χ1) is 8.51. The van der Waals surface area contributed by atoms with Crippen LogP contribution in [0.1, 0.15) is 37.9 Å². The van der Waals surface area contributed by atoms with Gasteiger partial charge in [-0.1, -0.05) is 0 Å². The number of hydrogen-bond donors (Lipinski definition) is 2. The van der Waals surface area contributed by atoms with Gasteiger partial charge in [-0.2, -0.15) is 5.10 Å². The summed E-state index contributed by atoms with van der Waals surface area (Å²) in [5.41, 5.74) is 8.51. The van der Waals surface area contributed by atoms with Crippen LogP contribution in [-0.2, 0) is 21.6 Å². The molecule has 18 heavy (non-hydrogen) atoms. The fraction of sp³-hybridized carbons (Fsp3) is 0.667. The van der Waals surface area contributed by atoms with Crippen LogP contribution in [0.3, 0.4) is 0 Å². The molecule has 1 fully saturated rings. The number of esters is 1. The van der Waals surface area contributed by atoms with Crippen LogP contribution in [0.4, 0.5) is 5.82 Å². The van der Waals surface area contributed by atoms with Crippen molar-refractivity contribution in [1.82, 2.24) is 15.1 Å². The third kappa shape index (κ3) is 2.08. The first-order valence-electron chi connectivity index (χ1n) is 6.19. The smallest absolute Gasteiger partial charge is 0.302 e. The molecule has 1 aliphatic heterocycles. The third-order valence-electron chi connectivity index (χ3n) is 3.56. The number of nitrogens with zero attached hydrogens (tertiary/aromatic N) is 2. The number of rotatable bonds is 1. The van der Waals surface area contributed by atoms with Gasteiger partial charge in [0.05, 0.1) is 17.8 Å². The molecular weight excluding hydrogens is 232 g/mol. The second-order valence-corrected chi connectivity index (χ2v) is 4.77. The highest BCUT2D eigenvalue weighted by atomic mass is 16.5. The van der Waals surface area contributed by atoms with Crippen molar-refractivity contribution in [3.05, 3.63) is 11.3 Å². The lowest BCUT2D eigenvalue weighted by Crippen LogP contribution is -2.24. The molecule has 6 nitrogen and oxygen atoms in total. The lowest BCUT2D eigenvalue weighted by molar-refractivity contribution is -0.140. The molecule has 1 aromatic rings. The fourth-order valence-electron chi connectivity index (χ4n) is 2.46. The minimum Gasteiger partial charge on any atom is -0.466 e. The van der Waals surface area contributed by atoms with Gasteiger partial charge in [-0.15, -0.1) is 0 Å². The Labute approximate surface area is 106 Å². The summed E-state index contributed by atoms with van der Waals surface area (Å²) in [6, 6.07) is 0. The summed E-state index contributed by atoms with van der Waals surface area (Å²) in [5.74, 6) is 0.470. The van der Waals surface area contributed by atoms with E-state index in [1.165, 1.54) is 31.0 Å². The van der Waals surface area contributed by atoms with Crippen molar-refractivity contribution in [2.75, 3.05) is 19.4 Å². The Morgan fingerprint density at radius 3 is 2.72 bits per heavy atom. The topological polar surface area (TPSA) is 84.2 Å². The van der Waals surface area contributed by atoms with Gasteiger partial charge in [-0.05, 0) is 26.8 Å². The molecule has 6 heteroatoms. The molecule has 0 atom stereocenters. The molecule has 1 aromatic heterocycles. The number of nitrogens with one attached hydrogen (secondary N) is 1. The molecule has 3 N–H and O–H groups in total. The van der Waals surface area contributed by atoms with E-state index in [0.717, 1.165) is 6.54 Å². The van der Waals surface area contributed by atoms with Crippen LogP contribution in [0.15, 0.2) is 0 Å². The number of aromatic amines is 1. The number of anilines is 1. The summed E-state index contributed by atoms with van der Waals surface area (Å²) in [6.07, 6.45) is 2.50. The van der Waals surface area contributed by atoms with Gasteiger partial charge in [0, 0.05) is 19.0 Å². The van der Waals surface area contributed by atoms with Crippen molar-refractivity contribution >= 4 is 11.8 Å². The average Bonchev–Trinajstić information content (AvgIpc) is 2.95. The van der Waals surface area contributed by atoms with E-state index in [1.807, 2.05) is 0 Å². The summed E-state index contributed by atoms with van der Waals surface area (Å²) in [5, 5.41) is 7.09. The van der Waals surface area contributed by atoms with Gasteiger partial charge in [0.2, 0.25) is 0 Å². The largest absolute Gasteiger partial charge is 0.466 e. The predicted molar refractivity (Wildman–Crippen MR) is 67.7 cm³/mol. The van der Waals surface area contributed by atoms with Gasteiger partial charge >= 0.3 is 5.97 Å². The Balaban J connectivity index is 0.000000174. The monoisotopic (exact) mass is 252 g/mol. The summed E-state index contributed by atoms with van der Waals surface area (Å²) in [7, 11) is 2.15. The number of nitrogen functional groups attached to an aromatic ring is 1. The van der Waals surface area contributed by atoms with E-state index in [1.54, 1.807) is 6.92 Å². The second-order valence-electron chi connectivity index (χ2n) is 4.77. The van der Waals surface area contributed by atoms with E-state index in [2.05, 4.69) is 26.9 Å². The fourth-order valence-corrected chi connectivity index (χ4v) is 2.46. The standard InChI is InChI=1S/C8H12N4.C4H8O2/c1-12-4-5-6(8(12)2-3-8)10-11-7(5)9;1-3-6-4(2)5/h2-4H2,1H3,(H3,9,10,11);3H2,1-2H3. The van der Waals surface area contributed by atoms with Crippen LogP contribution in [-0.4, -0.2) is 34.7 Å². The molecule has 100 valence electrons. The molecular formula is C12H20N4O2. The Kier molecular flexibility index (Phi) is 3.30. The van der Waals surface area contributed by atoms with Crippen LogP contribution in [0.25, 0.3) is 0 Å². The molecule has 2 heterocycles. The number of carbonyl (C=O) groups is 1. The Morgan fingerprint density at radius 2 is 2.28 bits per heavy atom. The van der Waals surface area contributed by atoms with Crippen molar-refractivity contribution < 1.29 is 9.53 Å². The average molecular weight is 252 g/mol. The van der Waals surface area contributed by atoms with Crippen LogP contribution in [0.5, 0.6) is 0 Å². The van der Waals surface area contributed by atoms with Crippen molar-refractivity contribution in [3.63, 3.8) is 0 Å². The van der Waals surface area contributed by atoms with E-state index in [-0.39, 0.29) is 5.97 Å². The lowest BCUT2D eigenvalue weighted by Gasteiger charge is -2.17. The number of hydrogen-bond acceptors (Lipinski definition) is 5. The number of ether oxygens (including phenoxy) is 1. The predicted octanol–water partition coefficient (Wildman–Crippen LogP) is 0.996. The molecule has 0 unspecified atom stereocenters. The maximum atomic E-state index is 9.82. The molecule has 2 aliphatic rings. The molecule has 0 aromatic carbocycles. The van der Waals surface area contributed by atoms with Gasteiger partial charge in [-0.3, -0.25) is 14.8 Å². The zero-order valence-corrected chi connectivity index (χ0v) is 11.1. The van der Waals surface area contributed by atoms with Crippen molar-refractivity contribution in [1.29, 1.82) is 0 Å². The Morgan fingerprint density at radius 1 is 1.61 bits per heavy atom. The minimum atomic E-state index is -0.211. The number of H-pyrrole nitrogens is 1. The molecule has 1 spiro atoms. The van der Waals surface area contributed by atoms with E-state index in [0.29, 0.717) is 18.0 Å². The van der Waals surface area contributed by atoms with E-state index in [4.69, 9.17) is 5.73 Å². The molecule has 0 bridgehead atoms. The van der Waals surface area contributed by atoms with Crippen LogP contribution >= 0.6 is 0 Å². The van der Waals surface area contributed by atoms with Crippen LogP contribution in [0.2, 0.25) is 0 Å². The molecule has 1 aliphatic carbocycles. The zero-order valence-electron chi connectivity index (χ0n) is 11.1. The molecule has 0 amide bonds. The maximum absolute atomic E-state index is 9.82. The molecule has 0 radical (unpaired) electrons. The molecule has 3 rings (SSSR count). The molecule has 0 saturated heterocycles.